The number of benzene rings is 2. The first-order valence-corrected chi connectivity index (χ1v) is 6.83. The second kappa shape index (κ2) is 6.49. The molecule has 2 rings (SSSR count). The van der Waals surface area contributed by atoms with E-state index in [1.165, 1.54) is 13.2 Å². The van der Waals surface area contributed by atoms with Crippen molar-refractivity contribution in [2.45, 2.75) is 0 Å². The molecule has 2 aromatic carbocycles. The predicted octanol–water partition coefficient (Wildman–Crippen LogP) is 3.62. The Hall–Kier alpha value is -2.21. The highest BCUT2D eigenvalue weighted by atomic mass is 79.9. The third-order valence-electron chi connectivity index (χ3n) is 2.80. The molecule has 0 aliphatic heterocycles. The van der Waals surface area contributed by atoms with Crippen LogP contribution < -0.4 is 15.2 Å². The van der Waals surface area contributed by atoms with Crippen molar-refractivity contribution >= 4 is 27.6 Å². The second-order valence-corrected chi connectivity index (χ2v) is 4.99. The topological polar surface area (TPSA) is 70.8 Å². The third-order valence-corrected chi connectivity index (χ3v) is 3.42. The van der Waals surface area contributed by atoms with E-state index < -0.39 is 5.97 Å². The van der Waals surface area contributed by atoms with E-state index in [1.807, 2.05) is 0 Å². The van der Waals surface area contributed by atoms with Gasteiger partial charge in [0.25, 0.3) is 0 Å². The number of halogens is 1. The van der Waals surface area contributed by atoms with Crippen molar-refractivity contribution in [3.8, 4) is 17.2 Å². The molecule has 0 aliphatic rings. The molecule has 0 spiro atoms. The van der Waals surface area contributed by atoms with Crippen molar-refractivity contribution in [1.29, 1.82) is 0 Å². The summed E-state index contributed by atoms with van der Waals surface area (Å²) in [6, 6.07) is 10.1. The van der Waals surface area contributed by atoms with Crippen LogP contribution in [0.2, 0.25) is 0 Å². The van der Waals surface area contributed by atoms with E-state index in [-0.39, 0.29) is 5.56 Å². The zero-order valence-corrected chi connectivity index (χ0v) is 13.1. The van der Waals surface area contributed by atoms with Crippen molar-refractivity contribution in [3.05, 3.63) is 46.4 Å². The van der Waals surface area contributed by atoms with Gasteiger partial charge in [-0.3, -0.25) is 0 Å². The molecule has 2 aromatic rings. The van der Waals surface area contributed by atoms with Gasteiger partial charge in [0.1, 0.15) is 17.2 Å². The average Bonchev–Trinajstić information content (AvgIpc) is 2.50. The van der Waals surface area contributed by atoms with Gasteiger partial charge in [0.05, 0.1) is 24.3 Å². The molecule has 110 valence electrons. The molecule has 6 heteroatoms. The Morgan fingerprint density at radius 1 is 1.10 bits per heavy atom. The van der Waals surface area contributed by atoms with E-state index in [4.69, 9.17) is 15.2 Å². The quantitative estimate of drug-likeness (QED) is 0.672. The molecular weight excluding hydrogens is 338 g/mol. The minimum absolute atomic E-state index is 0.264. The lowest BCUT2D eigenvalue weighted by molar-refractivity contribution is 0.0601. The molecule has 2 N–H and O–H groups in total. The Morgan fingerprint density at radius 2 is 1.81 bits per heavy atom. The summed E-state index contributed by atoms with van der Waals surface area (Å²) >= 11 is 3.40. The van der Waals surface area contributed by atoms with Crippen LogP contribution in [0.4, 0.5) is 5.69 Å². The van der Waals surface area contributed by atoms with Gasteiger partial charge >= 0.3 is 5.97 Å². The van der Waals surface area contributed by atoms with Crippen LogP contribution in [0.3, 0.4) is 0 Å². The highest BCUT2D eigenvalue weighted by Crippen LogP contribution is 2.33. The molecule has 0 bridgehead atoms. The standard InChI is InChI=1S/C15H14BrNO4/c1-19-9-4-6-14(12(16)8-9)21-10-3-5-13(17)11(7-10)15(18)20-2/h3-8H,17H2,1-2H3. The first kappa shape index (κ1) is 15.2. The Kier molecular flexibility index (Phi) is 4.70. The first-order valence-electron chi connectivity index (χ1n) is 6.04. The number of nitrogens with two attached hydrogens (primary N) is 1. The van der Waals surface area contributed by atoms with Gasteiger partial charge in [0.15, 0.2) is 0 Å². The zero-order chi connectivity index (χ0) is 15.4. The van der Waals surface area contributed by atoms with Gasteiger partial charge in [-0.1, -0.05) is 0 Å². The summed E-state index contributed by atoms with van der Waals surface area (Å²) < 4.78 is 16.3. The van der Waals surface area contributed by atoms with Gasteiger partial charge in [-0.2, -0.15) is 0 Å². The molecular formula is C15H14BrNO4. The SMILES string of the molecule is COC(=O)c1cc(Oc2ccc(OC)cc2Br)ccc1N. The lowest BCUT2D eigenvalue weighted by Crippen LogP contribution is -2.05. The van der Waals surface area contributed by atoms with E-state index in [0.717, 1.165) is 4.47 Å². The molecule has 0 atom stereocenters. The van der Waals surface area contributed by atoms with Gasteiger partial charge in [-0.05, 0) is 52.3 Å². The Balaban J connectivity index is 2.30. The molecule has 0 radical (unpaired) electrons. The van der Waals surface area contributed by atoms with Gasteiger partial charge < -0.3 is 19.9 Å². The summed E-state index contributed by atoms with van der Waals surface area (Å²) in [4.78, 5) is 11.6. The molecule has 0 unspecified atom stereocenters. The maximum Gasteiger partial charge on any atom is 0.340 e. The van der Waals surface area contributed by atoms with Crippen molar-refractivity contribution < 1.29 is 19.0 Å². The molecule has 0 heterocycles. The average molecular weight is 352 g/mol. The fraction of sp³-hybridized carbons (Fsp3) is 0.133. The Labute approximate surface area is 130 Å². The number of anilines is 1. The fourth-order valence-electron chi connectivity index (χ4n) is 1.70. The number of methoxy groups -OCH3 is 2. The minimum atomic E-state index is -0.508. The summed E-state index contributed by atoms with van der Waals surface area (Å²) in [6.07, 6.45) is 0. The maximum atomic E-state index is 11.6. The summed E-state index contributed by atoms with van der Waals surface area (Å²) in [5, 5.41) is 0. The number of hydrogen-bond donors (Lipinski definition) is 1. The lowest BCUT2D eigenvalue weighted by atomic mass is 10.1. The maximum absolute atomic E-state index is 11.6. The largest absolute Gasteiger partial charge is 0.497 e. The van der Waals surface area contributed by atoms with Crippen LogP contribution in [-0.2, 0) is 4.74 Å². The summed E-state index contributed by atoms with van der Waals surface area (Å²) in [6.45, 7) is 0. The van der Waals surface area contributed by atoms with Crippen LogP contribution in [0.25, 0.3) is 0 Å². The molecule has 0 aromatic heterocycles. The Bertz CT molecular complexity index is 673. The third kappa shape index (κ3) is 3.46. The van der Waals surface area contributed by atoms with Gasteiger partial charge in [-0.25, -0.2) is 4.79 Å². The normalized spacial score (nSPS) is 10.0. The number of carbonyl (C=O) groups is 1. The predicted molar refractivity (Wildman–Crippen MR) is 83.0 cm³/mol. The number of carbonyl (C=O) groups excluding carboxylic acids is 1. The van der Waals surface area contributed by atoms with E-state index in [9.17, 15) is 4.79 Å². The fourth-order valence-corrected chi connectivity index (χ4v) is 2.14. The van der Waals surface area contributed by atoms with E-state index >= 15 is 0 Å². The van der Waals surface area contributed by atoms with Crippen LogP contribution in [0.5, 0.6) is 17.2 Å². The van der Waals surface area contributed by atoms with E-state index in [0.29, 0.717) is 22.9 Å². The van der Waals surface area contributed by atoms with Crippen LogP contribution in [0, 0.1) is 0 Å². The molecule has 21 heavy (non-hydrogen) atoms. The van der Waals surface area contributed by atoms with Crippen LogP contribution in [0.15, 0.2) is 40.9 Å². The number of rotatable bonds is 4. The summed E-state index contributed by atoms with van der Waals surface area (Å²) in [5.74, 6) is 1.28. The zero-order valence-electron chi connectivity index (χ0n) is 11.6. The first-order chi connectivity index (χ1) is 10.0. The lowest BCUT2D eigenvalue weighted by Gasteiger charge is -2.11. The van der Waals surface area contributed by atoms with Gasteiger partial charge in [-0.15, -0.1) is 0 Å². The highest BCUT2D eigenvalue weighted by molar-refractivity contribution is 9.10. The molecule has 0 amide bonds. The highest BCUT2D eigenvalue weighted by Gasteiger charge is 2.12. The number of hydrogen-bond acceptors (Lipinski definition) is 5. The van der Waals surface area contributed by atoms with Crippen LogP contribution >= 0.6 is 15.9 Å². The number of ether oxygens (including phenoxy) is 3. The van der Waals surface area contributed by atoms with Crippen LogP contribution in [0.1, 0.15) is 10.4 Å². The monoisotopic (exact) mass is 351 g/mol. The van der Waals surface area contributed by atoms with E-state index in [1.54, 1.807) is 37.4 Å². The number of esters is 1. The van der Waals surface area contributed by atoms with Crippen molar-refractivity contribution in [3.63, 3.8) is 0 Å². The summed E-state index contributed by atoms with van der Waals surface area (Å²) in [5.41, 5.74) is 6.34. The van der Waals surface area contributed by atoms with Crippen molar-refractivity contribution in [1.82, 2.24) is 0 Å². The molecule has 0 fully saturated rings. The van der Waals surface area contributed by atoms with Crippen LogP contribution in [-0.4, -0.2) is 20.2 Å². The molecule has 0 saturated heterocycles. The smallest absolute Gasteiger partial charge is 0.340 e. The van der Waals surface area contributed by atoms with E-state index in [2.05, 4.69) is 20.7 Å². The molecule has 0 aliphatic carbocycles. The molecule has 0 saturated carbocycles. The van der Waals surface area contributed by atoms with Crippen molar-refractivity contribution in [2.75, 3.05) is 20.0 Å². The summed E-state index contributed by atoms with van der Waals surface area (Å²) in [7, 11) is 2.89. The molecule has 5 nitrogen and oxygen atoms in total. The Morgan fingerprint density at radius 3 is 2.43 bits per heavy atom. The second-order valence-electron chi connectivity index (χ2n) is 4.14. The van der Waals surface area contributed by atoms with Gasteiger partial charge in [0, 0.05) is 5.69 Å². The van der Waals surface area contributed by atoms with Gasteiger partial charge in [0.2, 0.25) is 0 Å². The van der Waals surface area contributed by atoms with Crippen molar-refractivity contribution in [2.24, 2.45) is 0 Å². The number of nitrogen functional groups attached to an aromatic ring is 1. The minimum Gasteiger partial charge on any atom is -0.497 e.